The van der Waals surface area contributed by atoms with Crippen LogP contribution in [0.3, 0.4) is 0 Å². The van der Waals surface area contributed by atoms with Crippen molar-refractivity contribution in [2.24, 2.45) is 5.92 Å². The molecular weight excluding hydrogens is 186 g/mol. The summed E-state index contributed by atoms with van der Waals surface area (Å²) in [4.78, 5) is 10.0. The average molecular weight is 196 g/mol. The van der Waals surface area contributed by atoms with Crippen molar-refractivity contribution in [3.8, 4) is 0 Å². The van der Waals surface area contributed by atoms with Gasteiger partial charge in [-0.25, -0.2) is 8.78 Å². The number of alkyl halides is 2. The number of rotatable bonds is 5. The van der Waals surface area contributed by atoms with Gasteiger partial charge in [-0.3, -0.25) is 4.79 Å². The zero-order chi connectivity index (χ0) is 9.19. The summed E-state index contributed by atoms with van der Waals surface area (Å²) in [7, 11) is 0. The Balaban J connectivity index is 1.94. The maximum atomic E-state index is 12.3. The van der Waals surface area contributed by atoms with Crippen molar-refractivity contribution in [1.29, 1.82) is 0 Å². The molecule has 1 atom stereocenters. The van der Waals surface area contributed by atoms with Crippen LogP contribution in [0.5, 0.6) is 0 Å². The summed E-state index contributed by atoms with van der Waals surface area (Å²) in [5.41, 5.74) is 0. The lowest BCUT2D eigenvalue weighted by atomic mass is 10.5. The second kappa shape index (κ2) is 3.60. The largest absolute Gasteiger partial charge is 0.481 e. The second-order valence-electron chi connectivity index (χ2n) is 2.88. The molecule has 0 bridgehead atoms. The van der Waals surface area contributed by atoms with E-state index in [2.05, 4.69) is 0 Å². The zero-order valence-corrected chi connectivity index (χ0v) is 7.24. The van der Waals surface area contributed by atoms with Gasteiger partial charge in [0.05, 0.1) is 6.42 Å². The Labute approximate surface area is 73.3 Å². The molecule has 0 aromatic heterocycles. The van der Waals surface area contributed by atoms with Gasteiger partial charge < -0.3 is 5.11 Å². The molecular formula is C7H10F2O2S. The molecule has 1 aliphatic carbocycles. The molecule has 0 aliphatic heterocycles. The van der Waals surface area contributed by atoms with Crippen molar-refractivity contribution in [3.63, 3.8) is 0 Å². The van der Waals surface area contributed by atoms with Gasteiger partial charge in [0, 0.05) is 23.8 Å². The van der Waals surface area contributed by atoms with Crippen LogP contribution in [0.25, 0.3) is 0 Å². The fourth-order valence-corrected chi connectivity index (χ4v) is 1.97. The molecule has 2 nitrogen and oxygen atoms in total. The molecule has 1 rings (SSSR count). The summed E-state index contributed by atoms with van der Waals surface area (Å²) in [6.45, 7) is 0. The summed E-state index contributed by atoms with van der Waals surface area (Å²) in [6.07, 6.45) is 0.0377. The van der Waals surface area contributed by atoms with Crippen LogP contribution in [0.2, 0.25) is 0 Å². The van der Waals surface area contributed by atoms with E-state index >= 15 is 0 Å². The predicted molar refractivity (Wildman–Crippen MR) is 42.6 cm³/mol. The number of carboxylic acids is 1. The number of carbonyl (C=O) groups is 1. The van der Waals surface area contributed by atoms with Gasteiger partial charge in [-0.15, -0.1) is 0 Å². The topological polar surface area (TPSA) is 37.3 Å². The minimum absolute atomic E-state index is 0.0208. The summed E-state index contributed by atoms with van der Waals surface area (Å²) < 4.78 is 24.5. The third-order valence-corrected chi connectivity index (χ3v) is 2.87. The molecule has 0 unspecified atom stereocenters. The molecule has 0 saturated heterocycles. The van der Waals surface area contributed by atoms with Crippen molar-refractivity contribution in [1.82, 2.24) is 0 Å². The minimum Gasteiger partial charge on any atom is -0.481 e. The predicted octanol–water partition coefficient (Wildman–Crippen LogP) is 1.85. The highest BCUT2D eigenvalue weighted by atomic mass is 32.2. The molecule has 1 aliphatic rings. The van der Waals surface area contributed by atoms with Crippen LogP contribution in [-0.2, 0) is 4.79 Å². The van der Waals surface area contributed by atoms with Crippen LogP contribution < -0.4 is 0 Å². The van der Waals surface area contributed by atoms with E-state index in [4.69, 9.17) is 5.11 Å². The number of aliphatic carboxylic acids is 1. The van der Waals surface area contributed by atoms with Crippen LogP contribution in [0, 0.1) is 5.92 Å². The molecule has 0 amide bonds. The molecule has 12 heavy (non-hydrogen) atoms. The van der Waals surface area contributed by atoms with Gasteiger partial charge in [-0.2, -0.15) is 11.8 Å². The lowest BCUT2D eigenvalue weighted by Crippen LogP contribution is -1.99. The van der Waals surface area contributed by atoms with E-state index in [9.17, 15) is 13.6 Å². The summed E-state index contributed by atoms with van der Waals surface area (Å²) in [5.74, 6) is -3.01. The van der Waals surface area contributed by atoms with Crippen LogP contribution in [0.1, 0.15) is 12.8 Å². The highest BCUT2D eigenvalue weighted by molar-refractivity contribution is 7.99. The van der Waals surface area contributed by atoms with Crippen molar-refractivity contribution in [2.45, 2.75) is 18.8 Å². The highest BCUT2D eigenvalue weighted by Gasteiger charge is 2.56. The smallest absolute Gasteiger partial charge is 0.304 e. The van der Waals surface area contributed by atoms with E-state index in [1.807, 2.05) is 0 Å². The van der Waals surface area contributed by atoms with E-state index in [0.717, 1.165) is 0 Å². The number of thioether (sulfide) groups is 1. The number of halogens is 2. The highest BCUT2D eigenvalue weighted by Crippen LogP contribution is 2.49. The maximum absolute atomic E-state index is 12.3. The zero-order valence-electron chi connectivity index (χ0n) is 6.43. The molecule has 70 valence electrons. The van der Waals surface area contributed by atoms with Crippen molar-refractivity contribution in [2.75, 3.05) is 11.5 Å². The normalized spacial score (nSPS) is 25.3. The average Bonchev–Trinajstić information content (AvgIpc) is 2.51. The SMILES string of the molecule is O=C(O)CCSC[C@@H]1CC1(F)F. The molecule has 1 saturated carbocycles. The molecule has 1 fully saturated rings. The van der Waals surface area contributed by atoms with Crippen molar-refractivity contribution in [3.05, 3.63) is 0 Å². The Hall–Kier alpha value is -0.320. The quantitative estimate of drug-likeness (QED) is 0.682. The first-order valence-electron chi connectivity index (χ1n) is 3.70. The first-order valence-corrected chi connectivity index (χ1v) is 4.85. The third-order valence-electron chi connectivity index (χ3n) is 1.74. The van der Waals surface area contributed by atoms with E-state index in [0.29, 0.717) is 11.5 Å². The first kappa shape index (κ1) is 9.77. The maximum Gasteiger partial charge on any atom is 0.304 e. The van der Waals surface area contributed by atoms with Gasteiger partial charge in [-0.1, -0.05) is 0 Å². The Morgan fingerprint density at radius 2 is 2.25 bits per heavy atom. The van der Waals surface area contributed by atoms with Crippen LogP contribution in [-0.4, -0.2) is 28.5 Å². The Morgan fingerprint density at radius 3 is 2.67 bits per heavy atom. The molecule has 0 spiro atoms. The van der Waals surface area contributed by atoms with E-state index < -0.39 is 17.8 Å². The fourth-order valence-electron chi connectivity index (χ4n) is 0.836. The van der Waals surface area contributed by atoms with E-state index in [1.165, 1.54) is 11.8 Å². The Morgan fingerprint density at radius 1 is 1.67 bits per heavy atom. The molecule has 0 heterocycles. The monoisotopic (exact) mass is 196 g/mol. The minimum atomic E-state index is -2.46. The van der Waals surface area contributed by atoms with E-state index in [-0.39, 0.29) is 12.8 Å². The summed E-state index contributed by atoms with van der Waals surface area (Å²) >= 11 is 1.29. The van der Waals surface area contributed by atoms with Gasteiger partial charge in [-0.05, 0) is 0 Å². The standard InChI is InChI=1S/C7H10F2O2S/c8-7(9)3-5(7)4-12-2-1-6(10)11/h5H,1-4H2,(H,10,11)/t5-/m0/s1. The van der Waals surface area contributed by atoms with E-state index in [1.54, 1.807) is 0 Å². The third kappa shape index (κ3) is 2.97. The first-order chi connectivity index (χ1) is 5.52. The van der Waals surface area contributed by atoms with Gasteiger partial charge >= 0.3 is 5.97 Å². The Kier molecular flexibility index (Phi) is 2.93. The lowest BCUT2D eigenvalue weighted by Gasteiger charge is -1.97. The molecule has 1 N–H and O–H groups in total. The van der Waals surface area contributed by atoms with Crippen molar-refractivity contribution >= 4 is 17.7 Å². The second-order valence-corrected chi connectivity index (χ2v) is 4.03. The molecule has 0 aromatic carbocycles. The number of carboxylic acid groups (broad SMARTS) is 1. The van der Waals surface area contributed by atoms with Gasteiger partial charge in [0.25, 0.3) is 5.92 Å². The molecule has 0 aromatic rings. The molecule has 0 radical (unpaired) electrons. The fraction of sp³-hybridized carbons (Fsp3) is 0.857. The van der Waals surface area contributed by atoms with Crippen molar-refractivity contribution < 1.29 is 18.7 Å². The van der Waals surface area contributed by atoms with Crippen LogP contribution in [0.15, 0.2) is 0 Å². The Bertz CT molecular complexity index is 184. The number of hydrogen-bond acceptors (Lipinski definition) is 2. The van der Waals surface area contributed by atoms with Gasteiger partial charge in [0.1, 0.15) is 0 Å². The summed E-state index contributed by atoms with van der Waals surface area (Å²) in [5, 5.41) is 8.24. The lowest BCUT2D eigenvalue weighted by molar-refractivity contribution is -0.136. The van der Waals surface area contributed by atoms with Crippen LogP contribution >= 0.6 is 11.8 Å². The summed E-state index contributed by atoms with van der Waals surface area (Å²) in [6, 6.07) is 0. The number of hydrogen-bond donors (Lipinski definition) is 1. The van der Waals surface area contributed by atoms with Gasteiger partial charge in [0.15, 0.2) is 0 Å². The van der Waals surface area contributed by atoms with Crippen LogP contribution in [0.4, 0.5) is 8.78 Å². The molecule has 5 heteroatoms. The van der Waals surface area contributed by atoms with Gasteiger partial charge in [0.2, 0.25) is 0 Å².